The van der Waals surface area contributed by atoms with Crippen molar-refractivity contribution >= 4 is 11.9 Å². The molecule has 5 nitrogen and oxygen atoms in total. The van der Waals surface area contributed by atoms with Gasteiger partial charge in [-0.2, -0.15) is 0 Å². The maximum absolute atomic E-state index is 9.53. The Balaban J connectivity index is 0. The minimum Gasteiger partial charge on any atom is -0.545 e. The van der Waals surface area contributed by atoms with E-state index < -0.39 is 11.9 Å². The number of carbonyl (C=O) groups excluding carboxylic acids is 1. The summed E-state index contributed by atoms with van der Waals surface area (Å²) in [7, 11) is 0. The molecule has 0 amide bonds. The molecule has 0 fully saturated rings. The molecule has 0 radical (unpaired) electrons. The van der Waals surface area contributed by atoms with Crippen LogP contribution in [-0.2, 0) is 9.59 Å². The third-order valence-electron chi connectivity index (χ3n) is 0.362. The number of quaternary nitrogens is 1. The first-order valence-electron chi connectivity index (χ1n) is 3.31. The van der Waals surface area contributed by atoms with Crippen molar-refractivity contribution in [1.29, 1.82) is 0 Å². The van der Waals surface area contributed by atoms with Gasteiger partial charge >= 0.3 is 5.97 Å². The van der Waals surface area contributed by atoms with Gasteiger partial charge in [0.05, 0.1) is 12.0 Å². The van der Waals surface area contributed by atoms with Crippen LogP contribution in [0.25, 0.3) is 0 Å². The fourth-order valence-electron chi connectivity index (χ4n) is 0.139. The highest BCUT2D eigenvalue weighted by Crippen LogP contribution is 1.67. The van der Waals surface area contributed by atoms with Crippen molar-refractivity contribution in [3.63, 3.8) is 0 Å². The number of aliphatic carboxylic acids is 2. The monoisotopic (exact) mass is 175 g/mol. The van der Waals surface area contributed by atoms with Gasteiger partial charge in [-0.1, -0.05) is 0 Å². The molecule has 0 aliphatic heterocycles. The van der Waals surface area contributed by atoms with Gasteiger partial charge in [0, 0.05) is 6.08 Å². The van der Waals surface area contributed by atoms with Gasteiger partial charge in [-0.3, -0.25) is 0 Å². The SMILES string of the molecule is CC(C)[NH3+].O=C([O-])/C=C\C(=O)O. The van der Waals surface area contributed by atoms with E-state index in [2.05, 4.69) is 19.6 Å². The molecule has 0 saturated carbocycles. The lowest BCUT2D eigenvalue weighted by atomic mass is 10.5. The van der Waals surface area contributed by atoms with E-state index in [0.29, 0.717) is 18.2 Å². The molecular formula is C7H13NO4. The molecule has 0 unspecified atom stereocenters. The summed E-state index contributed by atoms with van der Waals surface area (Å²) in [5, 5.41) is 17.2. The van der Waals surface area contributed by atoms with Crippen molar-refractivity contribution in [2.45, 2.75) is 19.9 Å². The topological polar surface area (TPSA) is 105 Å². The fourth-order valence-corrected chi connectivity index (χ4v) is 0.139. The molecular weight excluding hydrogens is 162 g/mol. The average molecular weight is 175 g/mol. The highest BCUT2D eigenvalue weighted by molar-refractivity contribution is 5.88. The van der Waals surface area contributed by atoms with Gasteiger partial charge < -0.3 is 20.7 Å². The number of rotatable bonds is 2. The van der Waals surface area contributed by atoms with Crippen LogP contribution < -0.4 is 10.8 Å². The van der Waals surface area contributed by atoms with Crippen molar-refractivity contribution in [2.24, 2.45) is 0 Å². The van der Waals surface area contributed by atoms with Crippen molar-refractivity contribution in [2.75, 3.05) is 0 Å². The van der Waals surface area contributed by atoms with Crippen LogP contribution in [0.3, 0.4) is 0 Å². The molecule has 0 spiro atoms. The second-order valence-electron chi connectivity index (χ2n) is 2.38. The molecule has 0 rings (SSSR count). The molecule has 0 aromatic heterocycles. The highest BCUT2D eigenvalue weighted by atomic mass is 16.4. The van der Waals surface area contributed by atoms with Crippen LogP contribution in [0.15, 0.2) is 12.2 Å². The van der Waals surface area contributed by atoms with Crippen LogP contribution in [0.5, 0.6) is 0 Å². The van der Waals surface area contributed by atoms with Gasteiger partial charge in [-0.25, -0.2) is 4.79 Å². The van der Waals surface area contributed by atoms with Gasteiger partial charge in [0.1, 0.15) is 0 Å². The van der Waals surface area contributed by atoms with Crippen molar-refractivity contribution in [3.8, 4) is 0 Å². The van der Waals surface area contributed by atoms with E-state index in [1.807, 2.05) is 0 Å². The second-order valence-corrected chi connectivity index (χ2v) is 2.38. The quantitative estimate of drug-likeness (QED) is 0.474. The van der Waals surface area contributed by atoms with Gasteiger partial charge in [0.2, 0.25) is 0 Å². The Labute approximate surface area is 70.5 Å². The summed E-state index contributed by atoms with van der Waals surface area (Å²) < 4.78 is 0. The van der Waals surface area contributed by atoms with Gasteiger partial charge in [0.15, 0.2) is 0 Å². The Kier molecular flexibility index (Phi) is 8.55. The molecule has 0 bridgehead atoms. The Bertz CT molecular complexity index is 155. The summed E-state index contributed by atoms with van der Waals surface area (Å²) in [6, 6.07) is 0.583. The highest BCUT2D eigenvalue weighted by Gasteiger charge is 1.81. The minimum absolute atomic E-state index is 0.447. The zero-order valence-corrected chi connectivity index (χ0v) is 7.11. The third-order valence-corrected chi connectivity index (χ3v) is 0.362. The normalized spacial score (nSPS) is 9.33. The van der Waals surface area contributed by atoms with E-state index in [1.54, 1.807) is 0 Å². The van der Waals surface area contributed by atoms with Crippen LogP contribution in [-0.4, -0.2) is 23.1 Å². The number of hydrogen-bond donors (Lipinski definition) is 2. The summed E-state index contributed by atoms with van der Waals surface area (Å²) in [6.07, 6.45) is 0.942. The molecule has 0 aliphatic carbocycles. The molecule has 70 valence electrons. The fraction of sp³-hybridized carbons (Fsp3) is 0.429. The largest absolute Gasteiger partial charge is 0.545 e. The van der Waals surface area contributed by atoms with Crippen molar-refractivity contribution in [1.82, 2.24) is 0 Å². The van der Waals surface area contributed by atoms with Crippen LogP contribution in [0.2, 0.25) is 0 Å². The lowest BCUT2D eigenvalue weighted by Crippen LogP contribution is -2.57. The zero-order chi connectivity index (χ0) is 10.1. The number of carbonyl (C=O) groups is 2. The van der Waals surface area contributed by atoms with E-state index in [1.165, 1.54) is 0 Å². The first-order valence-corrected chi connectivity index (χ1v) is 3.31. The summed E-state index contributed by atoms with van der Waals surface area (Å²) in [5.74, 6) is -2.80. The molecule has 0 aliphatic rings. The standard InChI is InChI=1S/C4H4O4.C3H9N/c5-3(6)1-2-4(7)8;1-3(2)4/h1-2H,(H,5,6)(H,7,8);3H,4H2,1-2H3/b2-1-;. The number of hydrogen-bond acceptors (Lipinski definition) is 3. The molecule has 0 aromatic rings. The summed E-state index contributed by atoms with van der Waals surface area (Å²) >= 11 is 0. The molecule has 0 saturated heterocycles. The summed E-state index contributed by atoms with van der Waals surface area (Å²) in [6.45, 7) is 4.11. The van der Waals surface area contributed by atoms with Gasteiger partial charge in [-0.05, 0) is 19.9 Å². The Morgan fingerprint density at radius 1 is 1.42 bits per heavy atom. The molecule has 0 heterocycles. The van der Waals surface area contributed by atoms with E-state index in [0.717, 1.165) is 0 Å². The molecule has 12 heavy (non-hydrogen) atoms. The summed E-state index contributed by atoms with van der Waals surface area (Å²) in [5.41, 5.74) is 3.64. The van der Waals surface area contributed by atoms with Gasteiger partial charge in [-0.15, -0.1) is 0 Å². The number of carboxylic acids is 2. The third kappa shape index (κ3) is 38.1. The second kappa shape index (κ2) is 7.74. The Hall–Kier alpha value is -1.36. The average Bonchev–Trinajstić information content (AvgIpc) is 1.82. The smallest absolute Gasteiger partial charge is 0.328 e. The minimum atomic E-state index is -1.51. The molecule has 0 aromatic carbocycles. The number of carboxylic acid groups (broad SMARTS) is 2. The lowest BCUT2D eigenvalue weighted by Gasteiger charge is -1.85. The molecule has 4 N–H and O–H groups in total. The maximum Gasteiger partial charge on any atom is 0.328 e. The first kappa shape index (κ1) is 13.2. The van der Waals surface area contributed by atoms with E-state index in [4.69, 9.17) is 5.11 Å². The predicted octanol–water partition coefficient (Wildman–Crippen LogP) is -1.99. The molecule has 0 atom stereocenters. The van der Waals surface area contributed by atoms with E-state index in [-0.39, 0.29) is 0 Å². The van der Waals surface area contributed by atoms with Crippen molar-refractivity contribution < 1.29 is 25.5 Å². The Morgan fingerprint density at radius 3 is 1.83 bits per heavy atom. The van der Waals surface area contributed by atoms with Crippen LogP contribution >= 0.6 is 0 Å². The van der Waals surface area contributed by atoms with E-state index >= 15 is 0 Å². The maximum atomic E-state index is 9.53. The lowest BCUT2D eigenvalue weighted by molar-refractivity contribution is -0.407. The van der Waals surface area contributed by atoms with Crippen LogP contribution in [0, 0.1) is 0 Å². The Morgan fingerprint density at radius 2 is 1.75 bits per heavy atom. The molecule has 5 heteroatoms. The van der Waals surface area contributed by atoms with E-state index in [9.17, 15) is 14.7 Å². The predicted molar refractivity (Wildman–Crippen MR) is 39.8 cm³/mol. The first-order chi connectivity index (χ1) is 5.36. The zero-order valence-electron chi connectivity index (χ0n) is 7.11. The van der Waals surface area contributed by atoms with Crippen molar-refractivity contribution in [3.05, 3.63) is 12.2 Å². The van der Waals surface area contributed by atoms with Crippen LogP contribution in [0.4, 0.5) is 0 Å². The van der Waals surface area contributed by atoms with Gasteiger partial charge in [0.25, 0.3) is 0 Å². The van der Waals surface area contributed by atoms with Crippen LogP contribution in [0.1, 0.15) is 13.8 Å². The summed E-state index contributed by atoms with van der Waals surface area (Å²) in [4.78, 5) is 19.0.